The number of para-hydroxylation sites is 8. The molecule has 0 N–H and O–H groups in total. The van der Waals surface area contributed by atoms with E-state index in [-0.39, 0.29) is 0 Å². The normalized spacial score (nSPS) is 11.7. The van der Waals surface area contributed by atoms with Gasteiger partial charge in [0.2, 0.25) is 0 Å². The number of unbranched alkanes of at least 4 members (excludes halogenated alkanes) is 5. The van der Waals surface area contributed by atoms with Gasteiger partial charge < -0.3 is 27.8 Å². The third kappa shape index (κ3) is 14.3. The summed E-state index contributed by atoms with van der Waals surface area (Å²) in [5.74, 6) is 0. The number of fused-ring (bicyclic) bond motifs is 12. The molecule has 4 aromatic heterocycles. The van der Waals surface area contributed by atoms with Gasteiger partial charge in [-0.3, -0.25) is 0 Å². The van der Waals surface area contributed by atoms with Crippen molar-refractivity contribution in [3.63, 3.8) is 0 Å². The second kappa shape index (κ2) is 33.2. The topological polar surface area (TPSA) is 42.6 Å². The Morgan fingerprint density at radius 2 is 0.453 bits per heavy atom. The highest BCUT2D eigenvalue weighted by molar-refractivity contribution is 6.13. The maximum atomic E-state index is 6.55. The van der Waals surface area contributed by atoms with E-state index < -0.39 is 0 Å². The van der Waals surface area contributed by atoms with Crippen molar-refractivity contribution in [2.75, 3.05) is 9.80 Å². The van der Waals surface area contributed by atoms with Crippen molar-refractivity contribution in [3.05, 3.63) is 448 Å². The van der Waals surface area contributed by atoms with Gasteiger partial charge in [-0.1, -0.05) is 342 Å². The van der Waals surface area contributed by atoms with Crippen LogP contribution in [0.4, 0.5) is 34.1 Å². The SMILES string of the molecule is CCCCCCCCc1cc(-c2ccc(-c3ccc(N(c4ccc(-c5ccc(-n6c7ccccc7c7ccccc76)cc5)cc4)c4ccc(-c5cccc6c5oc5ccccc56)cc4)cc3)cc2)cc(-c2ccc(-c3ccc(N(c4ccc(-c5ccc(-n6c7ccccc7c7ccccc76)cc5)cc4)c4ccc(-c5cccc6c5oc5ccccc56)cc4)cc3)cc2)c1. The van der Waals surface area contributed by atoms with Crippen LogP contribution in [-0.2, 0) is 6.42 Å². The summed E-state index contributed by atoms with van der Waals surface area (Å²) in [5, 5.41) is 9.52. The molecule has 19 aromatic carbocycles. The van der Waals surface area contributed by atoms with Crippen LogP contribution in [0.5, 0.6) is 0 Å². The lowest BCUT2D eigenvalue weighted by Gasteiger charge is -2.26. The third-order valence-corrected chi connectivity index (χ3v) is 26.2. The van der Waals surface area contributed by atoms with Crippen molar-refractivity contribution in [2.45, 2.75) is 51.9 Å². The molecule has 23 rings (SSSR count). The number of benzene rings is 19. The first kappa shape index (κ1) is 76.8. The van der Waals surface area contributed by atoms with E-state index >= 15 is 0 Å². The molecule has 0 atom stereocenters. The minimum atomic E-state index is 0.893. The minimum Gasteiger partial charge on any atom is -0.455 e. The fourth-order valence-electron chi connectivity index (χ4n) is 19.6. The molecule has 0 aliphatic heterocycles. The number of hydrogen-bond donors (Lipinski definition) is 0. The van der Waals surface area contributed by atoms with Gasteiger partial charge in [-0.05, 0) is 236 Å². The molecule has 128 heavy (non-hydrogen) atoms. The molecule has 0 aliphatic carbocycles. The van der Waals surface area contributed by atoms with E-state index in [9.17, 15) is 0 Å². The van der Waals surface area contributed by atoms with Crippen LogP contribution in [0.1, 0.15) is 51.0 Å². The summed E-state index contributed by atoms with van der Waals surface area (Å²) in [5.41, 5.74) is 36.8. The van der Waals surface area contributed by atoms with Gasteiger partial charge in [0.05, 0.1) is 22.1 Å². The average Bonchev–Trinajstić information content (AvgIpc) is 1.57. The Kier molecular flexibility index (Phi) is 19.9. The van der Waals surface area contributed by atoms with Crippen LogP contribution in [0.25, 0.3) is 188 Å². The van der Waals surface area contributed by atoms with E-state index in [1.165, 1.54) is 110 Å². The molecule has 0 spiro atoms. The van der Waals surface area contributed by atoms with E-state index in [0.717, 1.165) is 163 Å². The molecule has 0 saturated heterocycles. The van der Waals surface area contributed by atoms with Crippen LogP contribution in [0, 0.1) is 0 Å². The highest BCUT2D eigenvalue weighted by atomic mass is 16.3. The van der Waals surface area contributed by atoms with E-state index in [1.54, 1.807) is 0 Å². The smallest absolute Gasteiger partial charge is 0.143 e. The molecular weight excluding hydrogens is 1550 g/mol. The minimum absolute atomic E-state index is 0.893. The first-order valence-corrected chi connectivity index (χ1v) is 45.0. The van der Waals surface area contributed by atoms with Crippen LogP contribution in [0.2, 0.25) is 0 Å². The van der Waals surface area contributed by atoms with Crippen LogP contribution >= 0.6 is 0 Å². The maximum Gasteiger partial charge on any atom is 0.143 e. The molecule has 23 aromatic rings. The zero-order valence-corrected chi connectivity index (χ0v) is 71.2. The number of hydrogen-bond acceptors (Lipinski definition) is 4. The van der Waals surface area contributed by atoms with Gasteiger partial charge in [0, 0.05) is 99.7 Å². The maximum absolute atomic E-state index is 6.55. The Morgan fingerprint density at radius 1 is 0.203 bits per heavy atom. The molecule has 0 saturated carbocycles. The van der Waals surface area contributed by atoms with Crippen molar-refractivity contribution >= 4 is 122 Å². The van der Waals surface area contributed by atoms with Crippen molar-refractivity contribution in [3.8, 4) is 100 Å². The lowest BCUT2D eigenvalue weighted by atomic mass is 9.92. The van der Waals surface area contributed by atoms with Gasteiger partial charge in [-0.25, -0.2) is 0 Å². The van der Waals surface area contributed by atoms with Crippen molar-refractivity contribution in [1.29, 1.82) is 0 Å². The summed E-state index contributed by atoms with van der Waals surface area (Å²) >= 11 is 0. The van der Waals surface area contributed by atoms with Gasteiger partial charge in [-0.15, -0.1) is 0 Å². The van der Waals surface area contributed by atoms with Crippen molar-refractivity contribution in [1.82, 2.24) is 9.13 Å². The Bertz CT molecular complexity index is 7440. The third-order valence-electron chi connectivity index (χ3n) is 26.2. The predicted octanol–water partition coefficient (Wildman–Crippen LogP) is 34.9. The van der Waals surface area contributed by atoms with E-state index in [1.807, 2.05) is 12.1 Å². The Balaban J connectivity index is 0.525. The Hall–Kier alpha value is -16.0. The molecule has 610 valence electrons. The number of aromatic nitrogens is 2. The van der Waals surface area contributed by atoms with Crippen LogP contribution in [0.3, 0.4) is 0 Å². The summed E-state index contributed by atoms with van der Waals surface area (Å²) in [4.78, 5) is 4.73. The van der Waals surface area contributed by atoms with E-state index in [0.29, 0.717) is 0 Å². The number of anilines is 6. The molecule has 0 bridgehead atoms. The molecule has 0 unspecified atom stereocenters. The highest BCUT2D eigenvalue weighted by Gasteiger charge is 2.22. The molecule has 4 heterocycles. The molecule has 0 aliphatic rings. The number of nitrogens with zero attached hydrogens (tertiary/aromatic N) is 4. The molecule has 6 heteroatoms. The van der Waals surface area contributed by atoms with Gasteiger partial charge >= 0.3 is 0 Å². The lowest BCUT2D eigenvalue weighted by Crippen LogP contribution is -2.09. The Labute approximate surface area is 745 Å². The van der Waals surface area contributed by atoms with Crippen LogP contribution < -0.4 is 9.80 Å². The number of rotatable bonds is 23. The van der Waals surface area contributed by atoms with Gasteiger partial charge in [0.25, 0.3) is 0 Å². The molecule has 6 nitrogen and oxygen atoms in total. The van der Waals surface area contributed by atoms with Gasteiger partial charge in [0.1, 0.15) is 22.3 Å². The first-order valence-electron chi connectivity index (χ1n) is 45.0. The van der Waals surface area contributed by atoms with Gasteiger partial charge in [-0.2, -0.15) is 0 Å². The summed E-state index contributed by atoms with van der Waals surface area (Å²) in [6.45, 7) is 2.30. The monoisotopic (exact) mass is 1640 g/mol. The van der Waals surface area contributed by atoms with E-state index in [4.69, 9.17) is 8.83 Å². The van der Waals surface area contributed by atoms with Gasteiger partial charge in [0.15, 0.2) is 0 Å². The largest absolute Gasteiger partial charge is 0.455 e. The molecular formula is C122H90N4O2. The van der Waals surface area contributed by atoms with Crippen LogP contribution in [0.15, 0.2) is 452 Å². The highest BCUT2D eigenvalue weighted by Crippen LogP contribution is 2.46. The standard InChI is InChI=1S/C122H90N4O2/c1-2-3-4-5-6-7-22-82-79-95(91-43-39-83(40-44-91)85-47-63-97(64-48-85)123(101-75-59-93(60-76-101)105-29-20-31-113-111-27-12-18-37-119(111)127-121(105)113)99-67-51-87(52-68-99)89-55-71-103(72-56-89)125-115-33-14-8-23-107(115)108-24-9-15-34-116(108)125)81-96(80-82)92-45-41-84(42-46-92)86-49-65-98(66-50-86)124(102-77-61-94(62-78-102)106-30-21-32-114-112-28-13-19-38-120(112)128-122(106)114)100-69-53-88(54-70-100)90-57-73-104(74-58-90)126-117-35-16-10-25-109(117)110-26-11-17-36-118(110)126/h8-21,23-81H,2-7,22H2,1H3. The van der Waals surface area contributed by atoms with E-state index in [2.05, 4.69) is 457 Å². The molecule has 0 radical (unpaired) electrons. The van der Waals surface area contributed by atoms with Crippen molar-refractivity contribution in [2.24, 2.45) is 0 Å². The quantitative estimate of drug-likeness (QED) is 0.0599. The average molecular weight is 1640 g/mol. The predicted molar refractivity (Wildman–Crippen MR) is 540 cm³/mol. The zero-order valence-electron chi connectivity index (χ0n) is 71.2. The number of aryl methyl sites for hydroxylation is 1. The fraction of sp³-hybridized carbons (Fsp3) is 0.0656. The Morgan fingerprint density at radius 3 is 0.773 bits per heavy atom. The molecule has 0 amide bonds. The second-order valence-corrected chi connectivity index (χ2v) is 33.9. The summed E-state index contributed by atoms with van der Waals surface area (Å²) in [6, 6.07) is 162. The first-order chi connectivity index (χ1) is 63.4. The summed E-state index contributed by atoms with van der Waals surface area (Å²) in [6.07, 6.45) is 8.55. The summed E-state index contributed by atoms with van der Waals surface area (Å²) in [7, 11) is 0. The lowest BCUT2D eigenvalue weighted by molar-refractivity contribution is 0.607. The number of furan rings is 2. The summed E-state index contributed by atoms with van der Waals surface area (Å²) < 4.78 is 17.9. The fourth-order valence-corrected chi connectivity index (χ4v) is 19.6. The zero-order chi connectivity index (χ0) is 85.0. The molecule has 0 fully saturated rings. The van der Waals surface area contributed by atoms with Crippen LogP contribution in [-0.4, -0.2) is 9.13 Å². The van der Waals surface area contributed by atoms with Crippen molar-refractivity contribution < 1.29 is 8.83 Å². The second-order valence-electron chi connectivity index (χ2n) is 33.9.